The van der Waals surface area contributed by atoms with Crippen LogP contribution < -0.4 is 25.6 Å². The van der Waals surface area contributed by atoms with E-state index in [-0.39, 0.29) is 17.6 Å². The summed E-state index contributed by atoms with van der Waals surface area (Å²) in [7, 11) is 3.74. The number of nitrogens with one attached hydrogen (secondary N) is 3. The molecule has 10 heteroatoms. The SMILES string of the molecule is COc1cc(NC(=O)c2cc(N3CCN[C@@H](CC#N)C3)nc(NCC3CCCN3C)n2)c2ccccc2c1. The molecule has 2 aliphatic rings. The van der Waals surface area contributed by atoms with Gasteiger partial charge in [0.1, 0.15) is 17.3 Å². The van der Waals surface area contributed by atoms with Gasteiger partial charge >= 0.3 is 0 Å². The summed E-state index contributed by atoms with van der Waals surface area (Å²) in [6.07, 6.45) is 2.71. The quantitative estimate of drug-likeness (QED) is 0.417. The molecule has 2 atom stereocenters. The Labute approximate surface area is 223 Å². The number of likely N-dealkylation sites (tertiary alicyclic amines) is 1. The van der Waals surface area contributed by atoms with Crippen LogP contribution in [0, 0.1) is 11.3 Å². The number of benzene rings is 2. The number of aromatic nitrogens is 2. The molecule has 10 nitrogen and oxygen atoms in total. The number of carbonyl (C=O) groups is 1. The molecule has 1 amide bonds. The number of nitriles is 1. The Hall–Kier alpha value is -3.94. The molecule has 2 aromatic carbocycles. The summed E-state index contributed by atoms with van der Waals surface area (Å²) in [6, 6.07) is 16.0. The van der Waals surface area contributed by atoms with Gasteiger partial charge in [-0.15, -0.1) is 0 Å². The predicted octanol–water partition coefficient (Wildman–Crippen LogP) is 3.09. The molecule has 0 saturated carbocycles. The summed E-state index contributed by atoms with van der Waals surface area (Å²) in [5.74, 6) is 1.44. The van der Waals surface area contributed by atoms with Crippen molar-refractivity contribution in [1.82, 2.24) is 20.2 Å². The van der Waals surface area contributed by atoms with Crippen LogP contribution in [-0.4, -0.2) is 79.7 Å². The lowest BCUT2D eigenvalue weighted by Crippen LogP contribution is -2.51. The van der Waals surface area contributed by atoms with Crippen LogP contribution in [0.2, 0.25) is 0 Å². The lowest BCUT2D eigenvalue weighted by atomic mass is 10.1. The van der Waals surface area contributed by atoms with Crippen molar-refractivity contribution in [2.45, 2.75) is 31.3 Å². The zero-order valence-corrected chi connectivity index (χ0v) is 21.9. The minimum Gasteiger partial charge on any atom is -0.497 e. The van der Waals surface area contributed by atoms with Crippen molar-refractivity contribution in [1.29, 1.82) is 5.26 Å². The van der Waals surface area contributed by atoms with E-state index in [1.165, 1.54) is 6.42 Å². The Morgan fingerprint density at radius 1 is 1.24 bits per heavy atom. The van der Waals surface area contributed by atoms with Crippen LogP contribution in [0.15, 0.2) is 42.5 Å². The van der Waals surface area contributed by atoms with Crippen LogP contribution in [0.3, 0.4) is 0 Å². The van der Waals surface area contributed by atoms with E-state index in [0.29, 0.717) is 48.8 Å². The number of ether oxygens (including phenoxy) is 1. The third kappa shape index (κ3) is 5.79. The van der Waals surface area contributed by atoms with Crippen molar-refractivity contribution < 1.29 is 9.53 Å². The number of carbonyl (C=O) groups excluding carboxylic acids is 1. The maximum absolute atomic E-state index is 13.6. The van der Waals surface area contributed by atoms with Crippen molar-refractivity contribution in [2.75, 3.05) is 62.4 Å². The van der Waals surface area contributed by atoms with Crippen molar-refractivity contribution in [3.63, 3.8) is 0 Å². The first-order chi connectivity index (χ1) is 18.5. The molecule has 3 N–H and O–H groups in total. The third-order valence-electron chi connectivity index (χ3n) is 7.35. The van der Waals surface area contributed by atoms with E-state index >= 15 is 0 Å². The third-order valence-corrected chi connectivity index (χ3v) is 7.35. The van der Waals surface area contributed by atoms with Crippen molar-refractivity contribution in [3.05, 3.63) is 48.2 Å². The minimum atomic E-state index is -0.322. The first-order valence-electron chi connectivity index (χ1n) is 13.1. The summed E-state index contributed by atoms with van der Waals surface area (Å²) in [6.45, 7) is 3.89. The molecule has 0 bridgehead atoms. The van der Waals surface area contributed by atoms with E-state index in [2.05, 4.69) is 43.9 Å². The van der Waals surface area contributed by atoms with Crippen LogP contribution in [0.5, 0.6) is 5.75 Å². The Morgan fingerprint density at radius 2 is 2.11 bits per heavy atom. The normalized spacial score (nSPS) is 19.8. The Bertz CT molecular complexity index is 1340. The molecule has 0 spiro atoms. The van der Waals surface area contributed by atoms with Gasteiger partial charge in [0.25, 0.3) is 5.91 Å². The second-order valence-corrected chi connectivity index (χ2v) is 9.90. The fourth-order valence-corrected chi connectivity index (χ4v) is 5.21. The molecule has 1 aromatic heterocycles. The first-order valence-corrected chi connectivity index (χ1v) is 13.1. The van der Waals surface area contributed by atoms with Gasteiger partial charge in [0, 0.05) is 55.8 Å². The average Bonchev–Trinajstić information content (AvgIpc) is 3.36. The van der Waals surface area contributed by atoms with Crippen LogP contribution in [0.1, 0.15) is 29.8 Å². The van der Waals surface area contributed by atoms with E-state index in [0.717, 1.165) is 36.8 Å². The van der Waals surface area contributed by atoms with E-state index in [1.54, 1.807) is 13.2 Å². The number of methoxy groups -OCH3 is 1. The molecule has 0 aliphatic carbocycles. The lowest BCUT2D eigenvalue weighted by Gasteiger charge is -2.33. The van der Waals surface area contributed by atoms with E-state index < -0.39 is 0 Å². The molecule has 5 rings (SSSR count). The van der Waals surface area contributed by atoms with E-state index in [1.807, 2.05) is 36.4 Å². The number of amides is 1. The maximum atomic E-state index is 13.6. The fourth-order valence-electron chi connectivity index (χ4n) is 5.21. The molecule has 3 heterocycles. The summed E-state index contributed by atoms with van der Waals surface area (Å²) in [5, 5.41) is 20.9. The highest BCUT2D eigenvalue weighted by molar-refractivity contribution is 6.09. The largest absolute Gasteiger partial charge is 0.497 e. The number of rotatable bonds is 8. The Morgan fingerprint density at radius 3 is 2.89 bits per heavy atom. The number of likely N-dealkylation sites (N-methyl/N-ethyl adjacent to an activating group) is 1. The van der Waals surface area contributed by atoms with Crippen molar-refractivity contribution in [3.8, 4) is 11.8 Å². The van der Waals surface area contributed by atoms with Crippen molar-refractivity contribution >= 4 is 34.1 Å². The Balaban J connectivity index is 1.44. The molecule has 1 unspecified atom stereocenters. The second-order valence-electron chi connectivity index (χ2n) is 9.90. The van der Waals surface area contributed by atoms with E-state index in [9.17, 15) is 10.1 Å². The van der Waals surface area contributed by atoms with Crippen LogP contribution in [0.25, 0.3) is 10.8 Å². The summed E-state index contributed by atoms with van der Waals surface area (Å²) >= 11 is 0. The smallest absolute Gasteiger partial charge is 0.274 e. The van der Waals surface area contributed by atoms with Crippen molar-refractivity contribution in [2.24, 2.45) is 0 Å². The van der Waals surface area contributed by atoms with Gasteiger partial charge in [0.05, 0.1) is 25.3 Å². The highest BCUT2D eigenvalue weighted by Gasteiger charge is 2.24. The fraction of sp³-hybridized carbons (Fsp3) is 0.429. The number of piperazine rings is 1. The molecular weight excluding hydrogens is 480 g/mol. The van der Waals surface area contributed by atoms with Gasteiger partial charge in [0.2, 0.25) is 5.95 Å². The molecule has 3 aromatic rings. The second kappa shape index (κ2) is 11.6. The Kier molecular flexibility index (Phi) is 7.86. The molecule has 2 fully saturated rings. The summed E-state index contributed by atoms with van der Waals surface area (Å²) < 4.78 is 5.46. The summed E-state index contributed by atoms with van der Waals surface area (Å²) in [4.78, 5) is 27.4. The number of nitrogens with zero attached hydrogens (tertiary/aromatic N) is 5. The first kappa shape index (κ1) is 25.7. The minimum absolute atomic E-state index is 0.0488. The number of hydrogen-bond acceptors (Lipinski definition) is 9. The molecule has 38 heavy (non-hydrogen) atoms. The number of hydrogen-bond donors (Lipinski definition) is 3. The summed E-state index contributed by atoms with van der Waals surface area (Å²) in [5.41, 5.74) is 0.933. The topological polar surface area (TPSA) is 118 Å². The zero-order valence-electron chi connectivity index (χ0n) is 21.9. The number of anilines is 3. The molecule has 2 aliphatic heterocycles. The standard InChI is InChI=1S/C28H34N8O2/c1-35-12-5-7-21(35)17-31-28-33-25(16-26(34-28)36-13-11-30-20(18-36)9-10-29)27(37)32-24-15-22(38-2)14-19-6-3-4-8-23(19)24/h3-4,6,8,14-16,20-21,30H,5,7,9,11-13,17-18H2,1-2H3,(H,32,37)(H,31,33,34)/t20-,21?/m0/s1. The van der Waals surface area contributed by atoms with Gasteiger partial charge in [-0.25, -0.2) is 4.98 Å². The van der Waals surface area contributed by atoms with Gasteiger partial charge < -0.3 is 30.5 Å². The maximum Gasteiger partial charge on any atom is 0.274 e. The van der Waals surface area contributed by atoms with Crippen LogP contribution in [0.4, 0.5) is 17.5 Å². The monoisotopic (exact) mass is 514 g/mol. The highest BCUT2D eigenvalue weighted by Crippen LogP contribution is 2.30. The van der Waals surface area contributed by atoms with Gasteiger partial charge in [-0.1, -0.05) is 24.3 Å². The molecule has 198 valence electrons. The lowest BCUT2D eigenvalue weighted by molar-refractivity contribution is 0.102. The van der Waals surface area contributed by atoms with E-state index in [4.69, 9.17) is 9.72 Å². The molecular formula is C28H34N8O2. The zero-order chi connectivity index (χ0) is 26.5. The van der Waals surface area contributed by atoms with Crippen LogP contribution >= 0.6 is 0 Å². The predicted molar refractivity (Wildman–Crippen MR) is 149 cm³/mol. The molecule has 0 radical (unpaired) electrons. The number of fused-ring (bicyclic) bond motifs is 1. The highest BCUT2D eigenvalue weighted by atomic mass is 16.5. The van der Waals surface area contributed by atoms with Gasteiger partial charge in [-0.2, -0.15) is 10.2 Å². The molecule has 2 saturated heterocycles. The van der Waals surface area contributed by atoms with Crippen LogP contribution in [-0.2, 0) is 0 Å². The average molecular weight is 515 g/mol. The van der Waals surface area contributed by atoms with Gasteiger partial charge in [-0.3, -0.25) is 4.79 Å². The van der Waals surface area contributed by atoms with Gasteiger partial charge in [-0.05, 0) is 37.9 Å². The van der Waals surface area contributed by atoms with Gasteiger partial charge in [0.15, 0.2) is 0 Å².